The van der Waals surface area contributed by atoms with Crippen LogP contribution < -0.4 is 10.1 Å². The van der Waals surface area contributed by atoms with Gasteiger partial charge in [-0.25, -0.2) is 0 Å². The first-order chi connectivity index (χ1) is 15.2. The number of nitro groups is 1. The van der Waals surface area contributed by atoms with Crippen molar-refractivity contribution >= 4 is 29.2 Å². The Morgan fingerprint density at radius 2 is 2.00 bits per heavy atom. The third-order valence-corrected chi connectivity index (χ3v) is 5.59. The van der Waals surface area contributed by atoms with Crippen LogP contribution in [0.4, 0.5) is 11.4 Å². The first-order valence-corrected chi connectivity index (χ1v) is 11.0. The van der Waals surface area contributed by atoms with Crippen LogP contribution in [-0.4, -0.2) is 32.1 Å². The van der Waals surface area contributed by atoms with E-state index < -0.39 is 11.2 Å². The SMILES string of the molecule is CCCCSc1nnc2c(n1)O[C@@H](/C=C/c1ccccc1[N+](=O)[O-])Nc1ccccc1-2. The van der Waals surface area contributed by atoms with Crippen molar-refractivity contribution < 1.29 is 9.66 Å². The van der Waals surface area contributed by atoms with Crippen LogP contribution in [0.5, 0.6) is 5.88 Å². The lowest BCUT2D eigenvalue weighted by molar-refractivity contribution is -0.385. The zero-order valence-electron chi connectivity index (χ0n) is 16.9. The summed E-state index contributed by atoms with van der Waals surface area (Å²) in [5.41, 5.74) is 2.74. The molecule has 0 spiro atoms. The molecule has 0 amide bonds. The summed E-state index contributed by atoms with van der Waals surface area (Å²) in [6, 6.07) is 14.2. The maximum Gasteiger partial charge on any atom is 0.276 e. The number of nitrogens with zero attached hydrogens (tertiary/aromatic N) is 4. The molecule has 158 valence electrons. The number of ether oxygens (including phenoxy) is 1. The van der Waals surface area contributed by atoms with Gasteiger partial charge in [0.1, 0.15) is 0 Å². The quantitative estimate of drug-likeness (QED) is 0.234. The Hall–Kier alpha value is -3.46. The molecule has 0 saturated heterocycles. The normalized spacial score (nSPS) is 14.8. The molecule has 1 atom stereocenters. The van der Waals surface area contributed by atoms with E-state index in [9.17, 15) is 10.1 Å². The van der Waals surface area contributed by atoms with E-state index in [-0.39, 0.29) is 5.69 Å². The zero-order valence-corrected chi connectivity index (χ0v) is 17.7. The fourth-order valence-corrected chi connectivity index (χ4v) is 3.97. The minimum atomic E-state index is -0.590. The van der Waals surface area contributed by atoms with E-state index in [1.165, 1.54) is 6.07 Å². The number of thioether (sulfide) groups is 1. The molecule has 0 bridgehead atoms. The van der Waals surface area contributed by atoms with Crippen LogP contribution >= 0.6 is 11.8 Å². The molecule has 0 fully saturated rings. The Morgan fingerprint density at radius 3 is 2.84 bits per heavy atom. The summed E-state index contributed by atoms with van der Waals surface area (Å²) in [7, 11) is 0. The Bertz CT molecular complexity index is 1120. The largest absolute Gasteiger partial charge is 0.448 e. The molecule has 31 heavy (non-hydrogen) atoms. The van der Waals surface area contributed by atoms with Gasteiger partial charge < -0.3 is 10.1 Å². The van der Waals surface area contributed by atoms with E-state index in [0.29, 0.717) is 22.3 Å². The molecule has 1 aromatic heterocycles. The zero-order chi connectivity index (χ0) is 21.6. The summed E-state index contributed by atoms with van der Waals surface area (Å²) in [4.78, 5) is 15.5. The summed E-state index contributed by atoms with van der Waals surface area (Å²) in [5, 5.41) is 23.8. The number of para-hydroxylation sites is 2. The second-order valence-electron chi connectivity index (χ2n) is 6.85. The maximum atomic E-state index is 11.3. The molecule has 0 saturated carbocycles. The van der Waals surface area contributed by atoms with Gasteiger partial charge in [0.25, 0.3) is 5.69 Å². The van der Waals surface area contributed by atoms with Gasteiger partial charge in [-0.2, -0.15) is 4.98 Å². The van der Waals surface area contributed by atoms with E-state index >= 15 is 0 Å². The number of hydrogen-bond donors (Lipinski definition) is 1. The number of unbranched alkanes of at least 4 members (excludes halogenated alkanes) is 1. The number of fused-ring (bicyclic) bond motifs is 3. The molecule has 0 radical (unpaired) electrons. The molecule has 9 heteroatoms. The number of rotatable bonds is 7. The number of nitrogens with one attached hydrogen (secondary N) is 1. The van der Waals surface area contributed by atoms with Crippen molar-refractivity contribution in [2.45, 2.75) is 31.1 Å². The van der Waals surface area contributed by atoms with E-state index in [1.54, 1.807) is 42.1 Å². The number of aromatic nitrogens is 3. The van der Waals surface area contributed by atoms with Gasteiger partial charge in [-0.05, 0) is 30.7 Å². The summed E-state index contributed by atoms with van der Waals surface area (Å²) >= 11 is 1.54. The molecule has 3 aromatic rings. The average Bonchev–Trinajstić information content (AvgIpc) is 2.94. The lowest BCUT2D eigenvalue weighted by atomic mass is 10.1. The average molecular weight is 436 g/mol. The minimum Gasteiger partial charge on any atom is -0.448 e. The van der Waals surface area contributed by atoms with Crippen LogP contribution in [0.3, 0.4) is 0 Å². The predicted octanol–water partition coefficient (Wildman–Crippen LogP) is 5.18. The highest BCUT2D eigenvalue weighted by molar-refractivity contribution is 7.99. The van der Waals surface area contributed by atoms with Gasteiger partial charge in [0.2, 0.25) is 11.0 Å². The highest BCUT2D eigenvalue weighted by Gasteiger charge is 2.24. The Labute approximate surface area is 183 Å². The van der Waals surface area contributed by atoms with E-state index in [0.717, 1.165) is 29.8 Å². The van der Waals surface area contributed by atoms with Crippen molar-refractivity contribution in [3.8, 4) is 17.1 Å². The second kappa shape index (κ2) is 9.57. The molecular formula is C22H21N5O3S. The van der Waals surface area contributed by atoms with Gasteiger partial charge in [0, 0.05) is 23.1 Å². The fourth-order valence-electron chi connectivity index (χ4n) is 3.11. The van der Waals surface area contributed by atoms with Crippen molar-refractivity contribution in [2.75, 3.05) is 11.1 Å². The molecule has 1 N–H and O–H groups in total. The maximum absolute atomic E-state index is 11.3. The van der Waals surface area contributed by atoms with Gasteiger partial charge in [0.15, 0.2) is 11.9 Å². The Morgan fingerprint density at radius 1 is 1.19 bits per heavy atom. The summed E-state index contributed by atoms with van der Waals surface area (Å²) in [6.07, 6.45) is 4.98. The lowest BCUT2D eigenvalue weighted by Gasteiger charge is -2.15. The van der Waals surface area contributed by atoms with Gasteiger partial charge in [-0.15, -0.1) is 10.2 Å². The summed E-state index contributed by atoms with van der Waals surface area (Å²) < 4.78 is 6.11. The van der Waals surface area contributed by atoms with Crippen molar-refractivity contribution in [1.29, 1.82) is 0 Å². The molecule has 1 aliphatic rings. The molecular weight excluding hydrogens is 414 g/mol. The Balaban J connectivity index is 1.67. The standard InChI is InChI=1S/C22H21N5O3S/c1-2-3-14-31-22-24-21-20(25-26-22)16-9-5-6-10-17(16)23-19(30-21)13-12-15-8-4-7-11-18(15)27(28)29/h4-13,19,23H,2-3,14H2,1H3/b13-12+/t19-/m0/s1. The van der Waals surface area contributed by atoms with Crippen LogP contribution in [0, 0.1) is 10.1 Å². The van der Waals surface area contributed by atoms with E-state index in [2.05, 4.69) is 27.4 Å². The predicted molar refractivity (Wildman–Crippen MR) is 121 cm³/mol. The van der Waals surface area contributed by atoms with Crippen molar-refractivity contribution in [2.24, 2.45) is 0 Å². The van der Waals surface area contributed by atoms with Gasteiger partial charge in [0.05, 0.1) is 10.5 Å². The smallest absolute Gasteiger partial charge is 0.276 e. The third-order valence-electron chi connectivity index (χ3n) is 4.67. The lowest BCUT2D eigenvalue weighted by Crippen LogP contribution is -2.23. The summed E-state index contributed by atoms with van der Waals surface area (Å²) in [6.45, 7) is 2.14. The molecule has 1 aliphatic heterocycles. The van der Waals surface area contributed by atoms with Gasteiger partial charge in [-0.1, -0.05) is 55.4 Å². The topological polar surface area (TPSA) is 103 Å². The van der Waals surface area contributed by atoms with Gasteiger partial charge in [-0.3, -0.25) is 10.1 Å². The van der Waals surface area contributed by atoms with Crippen LogP contribution in [-0.2, 0) is 0 Å². The van der Waals surface area contributed by atoms with E-state index in [4.69, 9.17) is 4.74 Å². The molecule has 4 rings (SSSR count). The van der Waals surface area contributed by atoms with Crippen LogP contribution in [0.15, 0.2) is 59.8 Å². The summed E-state index contributed by atoms with van der Waals surface area (Å²) in [5.74, 6) is 1.29. The minimum absolute atomic E-state index is 0.0341. The number of nitro benzene ring substituents is 1. The van der Waals surface area contributed by atoms with E-state index in [1.807, 2.05) is 24.3 Å². The molecule has 0 unspecified atom stereocenters. The van der Waals surface area contributed by atoms with Crippen LogP contribution in [0.1, 0.15) is 25.3 Å². The number of benzene rings is 2. The number of anilines is 1. The van der Waals surface area contributed by atoms with Crippen molar-refractivity contribution in [3.63, 3.8) is 0 Å². The highest BCUT2D eigenvalue weighted by Crippen LogP contribution is 2.36. The monoisotopic (exact) mass is 435 g/mol. The molecule has 8 nitrogen and oxygen atoms in total. The third kappa shape index (κ3) is 4.83. The Kier molecular flexibility index (Phi) is 6.42. The molecule has 2 heterocycles. The highest BCUT2D eigenvalue weighted by atomic mass is 32.2. The van der Waals surface area contributed by atoms with Crippen molar-refractivity contribution in [3.05, 3.63) is 70.3 Å². The molecule has 2 aromatic carbocycles. The first kappa shape index (κ1) is 20.8. The van der Waals surface area contributed by atoms with Gasteiger partial charge >= 0.3 is 0 Å². The fraction of sp³-hybridized carbons (Fsp3) is 0.227. The first-order valence-electron chi connectivity index (χ1n) is 9.97. The van der Waals surface area contributed by atoms with Crippen LogP contribution in [0.2, 0.25) is 0 Å². The van der Waals surface area contributed by atoms with Crippen molar-refractivity contribution in [1.82, 2.24) is 15.2 Å². The molecule has 0 aliphatic carbocycles. The second-order valence-corrected chi connectivity index (χ2v) is 7.92. The number of hydrogen-bond acceptors (Lipinski definition) is 8. The van der Waals surface area contributed by atoms with Crippen LogP contribution in [0.25, 0.3) is 17.3 Å².